The lowest BCUT2D eigenvalue weighted by atomic mass is 10.0. The first-order valence-corrected chi connectivity index (χ1v) is 6.02. The van der Waals surface area contributed by atoms with Gasteiger partial charge in [0.25, 0.3) is 0 Å². The quantitative estimate of drug-likeness (QED) is 0.852. The summed E-state index contributed by atoms with van der Waals surface area (Å²) in [7, 11) is 0. The van der Waals surface area contributed by atoms with Crippen LogP contribution in [0.3, 0.4) is 0 Å². The molecule has 0 aliphatic heterocycles. The third-order valence-corrected chi connectivity index (χ3v) is 3.42. The first kappa shape index (κ1) is 10.5. The minimum atomic E-state index is 0.377. The first-order valence-electron chi connectivity index (χ1n) is 6.02. The molecule has 2 atom stereocenters. The van der Waals surface area contributed by atoms with Crippen molar-refractivity contribution in [1.29, 1.82) is 0 Å². The fraction of sp³-hybridized carbons (Fsp3) is 0.267. The van der Waals surface area contributed by atoms with Crippen LogP contribution < -0.4 is 5.73 Å². The van der Waals surface area contributed by atoms with Gasteiger partial charge in [0, 0.05) is 29.4 Å². The molecule has 1 heterocycles. The van der Waals surface area contributed by atoms with Gasteiger partial charge in [-0.25, -0.2) is 0 Å². The van der Waals surface area contributed by atoms with Gasteiger partial charge in [0.15, 0.2) is 0 Å². The van der Waals surface area contributed by atoms with Crippen molar-refractivity contribution in [2.45, 2.75) is 25.3 Å². The predicted molar refractivity (Wildman–Crippen MR) is 69.7 cm³/mol. The molecule has 3 rings (SSSR count). The number of pyridine rings is 1. The highest BCUT2D eigenvalue weighted by Crippen LogP contribution is 2.39. The lowest BCUT2D eigenvalue weighted by molar-refractivity contribution is 0.991. The number of hydrogen-bond acceptors (Lipinski definition) is 2. The monoisotopic (exact) mass is 224 g/mol. The van der Waals surface area contributed by atoms with Gasteiger partial charge < -0.3 is 5.73 Å². The van der Waals surface area contributed by atoms with Gasteiger partial charge in [-0.15, -0.1) is 0 Å². The third-order valence-electron chi connectivity index (χ3n) is 3.42. The third kappa shape index (κ3) is 2.08. The number of aryl methyl sites for hydroxylation is 1. The van der Waals surface area contributed by atoms with Crippen molar-refractivity contribution in [3.8, 4) is 11.1 Å². The zero-order chi connectivity index (χ0) is 11.8. The Balaban J connectivity index is 1.86. The van der Waals surface area contributed by atoms with Crippen molar-refractivity contribution in [2.24, 2.45) is 5.73 Å². The molecule has 2 aromatic rings. The molecule has 1 fully saturated rings. The minimum absolute atomic E-state index is 0.377. The van der Waals surface area contributed by atoms with E-state index < -0.39 is 0 Å². The molecule has 0 radical (unpaired) electrons. The molecule has 0 spiro atoms. The van der Waals surface area contributed by atoms with Crippen LogP contribution in [0.5, 0.6) is 0 Å². The van der Waals surface area contributed by atoms with E-state index in [0.29, 0.717) is 12.0 Å². The van der Waals surface area contributed by atoms with Crippen molar-refractivity contribution in [1.82, 2.24) is 4.98 Å². The molecule has 0 saturated heterocycles. The number of aromatic nitrogens is 1. The van der Waals surface area contributed by atoms with E-state index in [-0.39, 0.29) is 0 Å². The normalized spacial score (nSPS) is 22.5. The molecule has 1 aliphatic carbocycles. The number of rotatable bonds is 2. The van der Waals surface area contributed by atoms with Crippen molar-refractivity contribution in [3.05, 3.63) is 53.9 Å². The molecule has 1 saturated carbocycles. The van der Waals surface area contributed by atoms with Gasteiger partial charge in [-0.2, -0.15) is 0 Å². The summed E-state index contributed by atoms with van der Waals surface area (Å²) in [4.78, 5) is 4.32. The van der Waals surface area contributed by atoms with Crippen molar-refractivity contribution in [3.63, 3.8) is 0 Å². The molecule has 1 aliphatic rings. The molecule has 1 aromatic heterocycles. The second-order valence-electron chi connectivity index (χ2n) is 4.82. The Hall–Kier alpha value is -1.67. The van der Waals surface area contributed by atoms with Gasteiger partial charge in [0.1, 0.15) is 0 Å². The molecular formula is C15H16N2. The van der Waals surface area contributed by atoms with E-state index in [1.54, 1.807) is 0 Å². The summed E-state index contributed by atoms with van der Waals surface area (Å²) >= 11 is 0. The van der Waals surface area contributed by atoms with E-state index in [0.717, 1.165) is 12.1 Å². The Labute approximate surface area is 102 Å². The fourth-order valence-electron chi connectivity index (χ4n) is 2.16. The van der Waals surface area contributed by atoms with Crippen LogP contribution in [-0.2, 0) is 0 Å². The molecular weight excluding hydrogens is 208 g/mol. The van der Waals surface area contributed by atoms with Crippen LogP contribution >= 0.6 is 0 Å². The smallest absolute Gasteiger partial charge is 0.0373 e. The summed E-state index contributed by atoms with van der Waals surface area (Å²) in [5, 5.41) is 0. The van der Waals surface area contributed by atoms with Crippen molar-refractivity contribution < 1.29 is 0 Å². The van der Waals surface area contributed by atoms with Crippen LogP contribution in [-0.4, -0.2) is 11.0 Å². The first-order chi connectivity index (χ1) is 8.24. The Kier molecular flexibility index (Phi) is 2.45. The van der Waals surface area contributed by atoms with Gasteiger partial charge in [0.2, 0.25) is 0 Å². The second-order valence-corrected chi connectivity index (χ2v) is 4.82. The van der Waals surface area contributed by atoms with E-state index in [2.05, 4.69) is 35.3 Å². The number of nitrogens with two attached hydrogens (primary N) is 1. The highest BCUT2D eigenvalue weighted by atomic mass is 14.7. The molecule has 2 heteroatoms. The largest absolute Gasteiger partial charge is 0.327 e. The van der Waals surface area contributed by atoms with E-state index in [1.165, 1.54) is 16.7 Å². The summed E-state index contributed by atoms with van der Waals surface area (Å²) in [6.07, 6.45) is 3.05. The molecule has 17 heavy (non-hydrogen) atoms. The second kappa shape index (κ2) is 3.97. The molecule has 1 aromatic carbocycles. The summed E-state index contributed by atoms with van der Waals surface area (Å²) in [6.45, 7) is 2.00. The molecule has 2 N–H and O–H groups in total. The van der Waals surface area contributed by atoms with Crippen LogP contribution in [0, 0.1) is 6.92 Å². The van der Waals surface area contributed by atoms with E-state index >= 15 is 0 Å². The Bertz CT molecular complexity index is 514. The summed E-state index contributed by atoms with van der Waals surface area (Å²) in [5.74, 6) is 0.584. The maximum atomic E-state index is 5.85. The number of benzene rings is 1. The maximum Gasteiger partial charge on any atom is 0.0373 e. The highest BCUT2D eigenvalue weighted by molar-refractivity contribution is 5.63. The Morgan fingerprint density at radius 2 is 1.71 bits per heavy atom. The van der Waals surface area contributed by atoms with E-state index in [9.17, 15) is 0 Å². The molecule has 86 valence electrons. The molecule has 2 nitrogen and oxygen atoms in total. The summed E-state index contributed by atoms with van der Waals surface area (Å²) < 4.78 is 0. The minimum Gasteiger partial charge on any atom is -0.327 e. The van der Waals surface area contributed by atoms with Crippen molar-refractivity contribution >= 4 is 0 Å². The summed E-state index contributed by atoms with van der Waals surface area (Å²) in [5.41, 5.74) is 10.7. The predicted octanol–water partition coefficient (Wildman–Crippen LogP) is 2.87. The fourth-order valence-corrected chi connectivity index (χ4v) is 2.16. The Morgan fingerprint density at radius 3 is 2.24 bits per heavy atom. The van der Waals surface area contributed by atoms with Crippen LogP contribution in [0.25, 0.3) is 11.1 Å². The lowest BCUT2D eigenvalue weighted by Crippen LogP contribution is -2.00. The van der Waals surface area contributed by atoms with Crippen LogP contribution in [0.1, 0.15) is 23.6 Å². The number of hydrogen-bond donors (Lipinski definition) is 1. The SMILES string of the molecule is Cc1ccc(-c2ccc(C3CC3N)cc2)cn1. The van der Waals surface area contributed by atoms with Gasteiger partial charge >= 0.3 is 0 Å². The summed E-state index contributed by atoms with van der Waals surface area (Å²) in [6, 6.07) is 13.2. The number of nitrogens with zero attached hydrogens (tertiary/aromatic N) is 1. The average molecular weight is 224 g/mol. The molecule has 0 amide bonds. The van der Waals surface area contributed by atoms with Gasteiger partial charge in [-0.05, 0) is 30.5 Å². The maximum absolute atomic E-state index is 5.85. The lowest BCUT2D eigenvalue weighted by Gasteiger charge is -2.04. The zero-order valence-corrected chi connectivity index (χ0v) is 9.93. The van der Waals surface area contributed by atoms with Crippen LogP contribution in [0.4, 0.5) is 0 Å². The van der Waals surface area contributed by atoms with Crippen LogP contribution in [0.2, 0.25) is 0 Å². The average Bonchev–Trinajstić information content (AvgIpc) is 3.08. The van der Waals surface area contributed by atoms with E-state index in [4.69, 9.17) is 5.73 Å². The topological polar surface area (TPSA) is 38.9 Å². The van der Waals surface area contributed by atoms with Gasteiger partial charge in [0.05, 0.1) is 0 Å². The van der Waals surface area contributed by atoms with Gasteiger partial charge in [-0.3, -0.25) is 4.98 Å². The molecule has 0 bridgehead atoms. The molecule has 2 unspecified atom stereocenters. The van der Waals surface area contributed by atoms with E-state index in [1.807, 2.05) is 19.2 Å². The van der Waals surface area contributed by atoms with Crippen LogP contribution in [0.15, 0.2) is 42.6 Å². The highest BCUT2D eigenvalue weighted by Gasteiger charge is 2.34. The Morgan fingerprint density at radius 1 is 1.06 bits per heavy atom. The zero-order valence-electron chi connectivity index (χ0n) is 9.93. The standard InChI is InChI=1S/C15H16N2/c1-10-2-3-13(9-17-10)11-4-6-12(7-5-11)14-8-15(14)16/h2-7,9,14-15H,8,16H2,1H3. The van der Waals surface area contributed by atoms with Gasteiger partial charge in [-0.1, -0.05) is 30.3 Å². The van der Waals surface area contributed by atoms with Crippen molar-refractivity contribution in [2.75, 3.05) is 0 Å².